The predicted molar refractivity (Wildman–Crippen MR) is 499 cm³/mol. The van der Waals surface area contributed by atoms with Crippen molar-refractivity contribution in [3.63, 3.8) is 0 Å². The van der Waals surface area contributed by atoms with Gasteiger partial charge in [-0.2, -0.15) is 0 Å². The van der Waals surface area contributed by atoms with Gasteiger partial charge in [-0.05, 0) is 181 Å². The number of benzene rings is 4. The molecule has 130 heavy (non-hydrogen) atoms. The number of carbonyl (C=O) groups is 4. The van der Waals surface area contributed by atoms with Gasteiger partial charge < -0.3 is 116 Å². The number of aryl methyl sites for hydroxylation is 2. The van der Waals surface area contributed by atoms with Crippen molar-refractivity contribution in [3.05, 3.63) is 165 Å². The first kappa shape index (κ1) is 105. The van der Waals surface area contributed by atoms with E-state index in [0.717, 1.165) is 36.1 Å². The number of methoxy groups -OCH3 is 4. The zero-order chi connectivity index (χ0) is 95.4. The minimum Gasteiger partial charge on any atom is -0.467 e. The lowest BCUT2D eigenvalue weighted by atomic mass is 9.92. The number of ether oxygens (including phenoxy) is 20. The molecule has 5 N–H and O–H groups in total. The molecule has 0 saturated carbocycles. The fourth-order valence-electron chi connectivity index (χ4n) is 16.5. The Morgan fingerprint density at radius 1 is 0.377 bits per heavy atom. The van der Waals surface area contributed by atoms with Crippen LogP contribution in [-0.2, 0) is 82.2 Å². The first-order chi connectivity index (χ1) is 61.3. The van der Waals surface area contributed by atoms with Crippen molar-refractivity contribution >= 4 is 59.2 Å². The topological polar surface area (TPSA) is 328 Å². The molecule has 4 unspecified atom stereocenters. The molecule has 8 aliphatic rings. The second kappa shape index (κ2) is 47.1. The standard InChI is InChI=1S/C26H37NO7.C26H38O6.2C25H35NO6/c1-16-11-12-20(28)24-21(33-26(3,4)34-24)10-8-9-18-13-19(27(5)6)14-22(31-15-30-7)23(18)25(29)32-17(16)2;1-16-13-20-9-8-10-21-24(32-26(5,6)31-21)18(3)12-11-17(2)19(4)30-25(27)23(20)22(14-16)29-15-28-7;2*1-15-10-11-16(2)23-20(31-25(4,5)32-23)9-7-8-18-12-19(26)13-21(29-14-28-6)22(18)24(27)30-17(15)3/h8-9,11-14,16-17,20-21,24,28H,10,15H2,1-7H3;11-14,17-19,21,24H,8-10,15H2,1-7H3;2*7-8,10-13,15-17,20,23H,9,14,26H2,1-6H3/b9-8+,12-11-;12-11-;2*8-7+,11-10-/t16-,17+,20?,21+,24-;17-,18?,19+,21+,24-;2*15-,16?,17+,20+,23-/m1111/s1. The number of nitrogens with zero attached hydrogens (tertiary/aromatic N) is 1. The van der Waals surface area contributed by atoms with Crippen LogP contribution in [0, 0.1) is 48.3 Å². The van der Waals surface area contributed by atoms with E-state index in [1.807, 2.05) is 191 Å². The Bertz CT molecular complexity index is 4510. The maximum atomic E-state index is 13.3. The lowest BCUT2D eigenvalue weighted by Gasteiger charge is -2.24. The normalized spacial score (nSPS) is 31.7. The fraction of sp³-hybridized carbons (Fsp3) is 0.588. The van der Waals surface area contributed by atoms with E-state index in [4.69, 9.17) is 106 Å². The first-order valence-corrected chi connectivity index (χ1v) is 45.4. The summed E-state index contributed by atoms with van der Waals surface area (Å²) in [4.78, 5) is 54.8. The number of esters is 4. The molecule has 0 aliphatic carbocycles. The van der Waals surface area contributed by atoms with Gasteiger partial charge in [0.1, 0.15) is 81.9 Å². The average molecular weight is 1810 g/mol. The Kier molecular flexibility index (Phi) is 37.9. The van der Waals surface area contributed by atoms with Gasteiger partial charge in [-0.15, -0.1) is 0 Å². The molecule has 28 heteroatoms. The molecule has 4 saturated heterocycles. The van der Waals surface area contributed by atoms with Crippen LogP contribution >= 0.6 is 0 Å². The molecule has 8 heterocycles. The molecule has 4 aromatic carbocycles. The van der Waals surface area contributed by atoms with Crippen molar-refractivity contribution in [1.29, 1.82) is 0 Å². The van der Waals surface area contributed by atoms with Crippen molar-refractivity contribution < 1.29 is 119 Å². The number of hydrogen-bond donors (Lipinski definition) is 3. The smallest absolute Gasteiger partial charge is 0.342 e. The minimum absolute atomic E-state index is 0.00306. The number of rotatable bonds is 13. The van der Waals surface area contributed by atoms with Crippen LogP contribution in [0.1, 0.15) is 233 Å². The summed E-state index contributed by atoms with van der Waals surface area (Å²) in [7, 11) is 9.96. The van der Waals surface area contributed by atoms with Gasteiger partial charge in [-0.1, -0.05) is 140 Å². The van der Waals surface area contributed by atoms with Crippen LogP contribution in [-0.4, -0.2) is 201 Å². The molecule has 20 atom stereocenters. The fourth-order valence-corrected chi connectivity index (χ4v) is 16.5. The summed E-state index contributed by atoms with van der Waals surface area (Å²) in [6, 6.07) is 14.3. The lowest BCUT2D eigenvalue weighted by Crippen LogP contribution is -2.34. The summed E-state index contributed by atoms with van der Waals surface area (Å²) >= 11 is 0. The zero-order valence-corrected chi connectivity index (χ0v) is 81.2. The Morgan fingerprint density at radius 2 is 0.677 bits per heavy atom. The monoisotopic (exact) mass is 1810 g/mol. The van der Waals surface area contributed by atoms with E-state index < -0.39 is 59.4 Å². The number of anilines is 3. The van der Waals surface area contributed by atoms with Gasteiger partial charge >= 0.3 is 23.9 Å². The molecule has 0 spiro atoms. The van der Waals surface area contributed by atoms with Gasteiger partial charge in [0.2, 0.25) is 0 Å². The zero-order valence-electron chi connectivity index (χ0n) is 81.2. The summed E-state index contributed by atoms with van der Waals surface area (Å²) in [6.07, 6.45) is 28.3. The molecular formula is C102H145N3O25. The van der Waals surface area contributed by atoms with E-state index in [1.54, 1.807) is 43.5 Å². The molecule has 718 valence electrons. The van der Waals surface area contributed by atoms with Gasteiger partial charge in [0.15, 0.2) is 50.3 Å². The van der Waals surface area contributed by atoms with Crippen molar-refractivity contribution in [3.8, 4) is 23.0 Å². The maximum absolute atomic E-state index is 13.3. The third-order valence-electron chi connectivity index (χ3n) is 24.0. The van der Waals surface area contributed by atoms with Crippen molar-refractivity contribution in [1.82, 2.24) is 0 Å². The summed E-state index contributed by atoms with van der Waals surface area (Å²) < 4.78 is 116. The third kappa shape index (κ3) is 29.0. The lowest BCUT2D eigenvalue weighted by molar-refractivity contribution is -0.152. The maximum Gasteiger partial charge on any atom is 0.342 e. The second-order valence-electron chi connectivity index (χ2n) is 37.1. The minimum atomic E-state index is -0.852. The van der Waals surface area contributed by atoms with Crippen molar-refractivity contribution in [2.45, 2.75) is 279 Å². The molecule has 28 nitrogen and oxygen atoms in total. The molecule has 8 aliphatic heterocycles. The van der Waals surface area contributed by atoms with Crippen LogP contribution in [0.3, 0.4) is 0 Å². The van der Waals surface area contributed by atoms with E-state index in [1.165, 1.54) is 21.3 Å². The summed E-state index contributed by atoms with van der Waals surface area (Å²) in [5.41, 5.74) is 19.3. The highest BCUT2D eigenvalue weighted by Gasteiger charge is 2.48. The predicted octanol–water partition coefficient (Wildman–Crippen LogP) is 18.1. The third-order valence-corrected chi connectivity index (χ3v) is 24.0. The Morgan fingerprint density at radius 3 is 1.04 bits per heavy atom. The molecule has 4 fully saturated rings. The van der Waals surface area contributed by atoms with Crippen LogP contribution in [0.4, 0.5) is 17.1 Å². The quantitative estimate of drug-likeness (QED) is 0.0368. The number of aliphatic hydroxyl groups is 1. The van der Waals surface area contributed by atoms with Gasteiger partial charge in [0.05, 0.1) is 42.7 Å². The molecule has 4 aromatic rings. The van der Waals surface area contributed by atoms with Gasteiger partial charge in [0, 0.05) is 119 Å². The molecule has 12 rings (SSSR count). The first-order valence-electron chi connectivity index (χ1n) is 45.4. The average Bonchev–Trinajstić information content (AvgIpc) is 1.80. The van der Waals surface area contributed by atoms with Crippen LogP contribution in [0.2, 0.25) is 0 Å². The van der Waals surface area contributed by atoms with E-state index in [-0.39, 0.29) is 136 Å². The van der Waals surface area contributed by atoms with Crippen LogP contribution < -0.4 is 35.3 Å². The number of nitrogens with two attached hydrogens (primary N) is 2. The molecule has 0 bridgehead atoms. The summed E-state index contributed by atoms with van der Waals surface area (Å²) in [6.45, 7) is 39.3. The van der Waals surface area contributed by atoms with E-state index in [2.05, 4.69) is 64.2 Å². The SMILES string of the molecule is COCOc1cc(C)cc2c1C(=O)O[C@@H](C)[C@H](C)/C=C\C(C)[C@H]1OC(C)(C)O[C@H]1CCC2.COCOc1cc(N(C)C)cc2c1C(=O)O[C@@H](C)[C@H](C)/C=C\C(O)[C@H]1OC(C)(C)O[C@H]1C/C=C/2.COCOc1cc(N)cc2c1C(=O)O[C@@H](C)[C@H](C)/C=C\C(C)[C@H]1OC(C)(C)O[C@H]1C/C=C/2.COCOc1cc(N)cc2c1C(=O)O[C@@H](C)[C@H](C)/C=C\C(C)[C@H]1OC(C)(C)O[C@H]1C/C=C/2. The summed E-state index contributed by atoms with van der Waals surface area (Å²) in [5.74, 6) is -2.54. The van der Waals surface area contributed by atoms with Crippen LogP contribution in [0.25, 0.3) is 18.2 Å². The highest BCUT2D eigenvalue weighted by atomic mass is 16.8. The van der Waals surface area contributed by atoms with Crippen LogP contribution in [0.15, 0.2) is 115 Å². The Balaban J connectivity index is 0.000000195. The van der Waals surface area contributed by atoms with E-state index in [0.29, 0.717) is 92.6 Å². The Labute approximate surface area is 769 Å². The molecule has 0 aromatic heterocycles. The molecule has 0 radical (unpaired) electrons. The van der Waals surface area contributed by atoms with Crippen molar-refractivity contribution in [2.24, 2.45) is 41.4 Å². The van der Waals surface area contributed by atoms with Gasteiger partial charge in [0.25, 0.3) is 0 Å². The number of hydrogen-bond acceptors (Lipinski definition) is 28. The number of nitrogen functional groups attached to an aromatic ring is 2. The number of aliphatic hydroxyl groups excluding tert-OH is 1. The van der Waals surface area contributed by atoms with E-state index >= 15 is 0 Å². The second-order valence-corrected chi connectivity index (χ2v) is 37.1. The number of cyclic esters (lactones) is 4. The summed E-state index contributed by atoms with van der Waals surface area (Å²) in [5, 5.41) is 10.8. The molecular weight excluding hydrogens is 1670 g/mol. The number of carbonyl (C=O) groups excluding carboxylic acids is 4. The van der Waals surface area contributed by atoms with Gasteiger partial charge in [-0.25, -0.2) is 19.2 Å². The van der Waals surface area contributed by atoms with Gasteiger partial charge in [-0.3, -0.25) is 0 Å². The number of fused-ring (bicyclic) bond motifs is 8. The largest absolute Gasteiger partial charge is 0.467 e. The Hall–Kier alpha value is -8.98. The molecule has 0 amide bonds. The highest BCUT2D eigenvalue weighted by Crippen LogP contribution is 2.43. The van der Waals surface area contributed by atoms with Crippen LogP contribution in [0.5, 0.6) is 23.0 Å². The highest BCUT2D eigenvalue weighted by molar-refractivity contribution is 6.00. The van der Waals surface area contributed by atoms with E-state index in [9.17, 15) is 24.3 Å². The van der Waals surface area contributed by atoms with Crippen molar-refractivity contribution in [2.75, 3.05) is 86.1 Å².